The molecular weight excluding hydrogens is 254 g/mol. The van der Waals surface area contributed by atoms with Crippen LogP contribution in [-0.2, 0) is 16.0 Å². The lowest BCUT2D eigenvalue weighted by Gasteiger charge is -2.22. The highest BCUT2D eigenvalue weighted by molar-refractivity contribution is 5.89. The minimum atomic E-state index is -0.293. The van der Waals surface area contributed by atoms with Crippen molar-refractivity contribution in [1.29, 1.82) is 0 Å². The van der Waals surface area contributed by atoms with Crippen LogP contribution in [0, 0.1) is 0 Å². The Morgan fingerprint density at radius 2 is 2.15 bits per heavy atom. The van der Waals surface area contributed by atoms with E-state index in [-0.39, 0.29) is 5.97 Å². The molecule has 1 aromatic carbocycles. The van der Waals surface area contributed by atoms with E-state index in [1.807, 2.05) is 12.1 Å². The van der Waals surface area contributed by atoms with E-state index in [1.165, 1.54) is 31.9 Å². The monoisotopic (exact) mass is 277 g/mol. The number of benzene rings is 1. The van der Waals surface area contributed by atoms with Crippen LogP contribution in [0.2, 0.25) is 0 Å². The predicted molar refractivity (Wildman–Crippen MR) is 77.7 cm³/mol. The highest BCUT2D eigenvalue weighted by Crippen LogP contribution is 2.15. The summed E-state index contributed by atoms with van der Waals surface area (Å²) < 4.78 is 10.4. The number of methoxy groups -OCH3 is 1. The number of carbonyl (C=O) groups excluding carboxylic acids is 1. The number of rotatable bonds is 6. The number of carbonyl (C=O) groups is 1. The van der Waals surface area contributed by atoms with Crippen LogP contribution in [0.5, 0.6) is 0 Å². The molecule has 1 heterocycles. The second kappa shape index (κ2) is 8.02. The number of esters is 1. The highest BCUT2D eigenvalue weighted by Gasteiger charge is 2.12. The zero-order valence-electron chi connectivity index (χ0n) is 12.1. The summed E-state index contributed by atoms with van der Waals surface area (Å²) >= 11 is 0. The van der Waals surface area contributed by atoms with Gasteiger partial charge < -0.3 is 14.8 Å². The third kappa shape index (κ3) is 4.62. The molecule has 4 heteroatoms. The molecule has 1 saturated heterocycles. The normalized spacial score (nSPS) is 18.8. The van der Waals surface area contributed by atoms with Crippen molar-refractivity contribution in [3.05, 3.63) is 35.4 Å². The van der Waals surface area contributed by atoms with E-state index in [4.69, 9.17) is 4.74 Å². The van der Waals surface area contributed by atoms with Crippen LogP contribution in [0.3, 0.4) is 0 Å². The molecule has 20 heavy (non-hydrogen) atoms. The van der Waals surface area contributed by atoms with Gasteiger partial charge in [-0.1, -0.05) is 12.1 Å². The molecule has 1 aliphatic rings. The smallest absolute Gasteiger partial charge is 0.337 e. The molecule has 110 valence electrons. The van der Waals surface area contributed by atoms with E-state index in [0.717, 1.165) is 26.1 Å². The molecule has 1 fully saturated rings. The van der Waals surface area contributed by atoms with Crippen molar-refractivity contribution in [2.75, 3.05) is 20.3 Å². The first-order chi connectivity index (χ1) is 9.79. The predicted octanol–water partition coefficient (Wildman–Crippen LogP) is 2.52. The Labute approximate surface area is 120 Å². The van der Waals surface area contributed by atoms with Gasteiger partial charge in [0.2, 0.25) is 0 Å². The van der Waals surface area contributed by atoms with Crippen molar-refractivity contribution in [2.24, 2.45) is 0 Å². The maximum atomic E-state index is 11.3. The van der Waals surface area contributed by atoms with Crippen LogP contribution in [0.1, 0.15) is 41.6 Å². The summed E-state index contributed by atoms with van der Waals surface area (Å²) in [6.07, 6.45) is 5.18. The second-order valence-corrected chi connectivity index (χ2v) is 5.14. The van der Waals surface area contributed by atoms with E-state index >= 15 is 0 Å². The number of ether oxygens (including phenoxy) is 2. The van der Waals surface area contributed by atoms with Crippen LogP contribution < -0.4 is 5.32 Å². The van der Waals surface area contributed by atoms with Gasteiger partial charge in [-0.25, -0.2) is 4.79 Å². The average Bonchev–Trinajstić information content (AvgIpc) is 2.52. The van der Waals surface area contributed by atoms with E-state index < -0.39 is 0 Å². The first kappa shape index (κ1) is 15.0. The summed E-state index contributed by atoms with van der Waals surface area (Å²) in [6, 6.07) is 7.51. The molecule has 1 N–H and O–H groups in total. The van der Waals surface area contributed by atoms with Crippen LogP contribution >= 0.6 is 0 Å². The lowest BCUT2D eigenvalue weighted by atomic mass is 10.1. The molecule has 0 radical (unpaired) electrons. The standard InChI is InChI=1S/C16H23NO3/c1-19-16(18)14-7-5-13(6-8-14)12-17-10-9-15-4-2-3-11-20-15/h5-8,15,17H,2-4,9-12H2,1H3. The third-order valence-corrected chi connectivity index (χ3v) is 3.62. The van der Waals surface area contributed by atoms with Crippen molar-refractivity contribution in [2.45, 2.75) is 38.3 Å². The molecule has 2 rings (SSSR count). The van der Waals surface area contributed by atoms with E-state index in [2.05, 4.69) is 10.1 Å². The first-order valence-electron chi connectivity index (χ1n) is 7.29. The third-order valence-electron chi connectivity index (χ3n) is 3.62. The van der Waals surface area contributed by atoms with Gasteiger partial charge in [-0.2, -0.15) is 0 Å². The summed E-state index contributed by atoms with van der Waals surface area (Å²) in [5.74, 6) is -0.293. The molecular formula is C16H23NO3. The van der Waals surface area contributed by atoms with Gasteiger partial charge in [-0.15, -0.1) is 0 Å². The molecule has 4 nitrogen and oxygen atoms in total. The summed E-state index contributed by atoms with van der Waals surface area (Å²) in [5, 5.41) is 3.42. The van der Waals surface area contributed by atoms with E-state index in [1.54, 1.807) is 12.1 Å². The van der Waals surface area contributed by atoms with E-state index in [0.29, 0.717) is 11.7 Å². The fourth-order valence-corrected chi connectivity index (χ4v) is 2.41. The summed E-state index contributed by atoms with van der Waals surface area (Å²) in [6.45, 7) is 2.69. The quantitative estimate of drug-likeness (QED) is 0.641. The highest BCUT2D eigenvalue weighted by atomic mass is 16.5. The Balaban J connectivity index is 1.67. The maximum absolute atomic E-state index is 11.3. The van der Waals surface area contributed by atoms with E-state index in [9.17, 15) is 4.79 Å². The molecule has 1 unspecified atom stereocenters. The summed E-state index contributed by atoms with van der Waals surface area (Å²) in [5.41, 5.74) is 1.76. The Morgan fingerprint density at radius 3 is 2.80 bits per heavy atom. The molecule has 0 saturated carbocycles. The van der Waals surface area contributed by atoms with Crippen molar-refractivity contribution in [3.63, 3.8) is 0 Å². The average molecular weight is 277 g/mol. The van der Waals surface area contributed by atoms with Gasteiger partial charge in [0, 0.05) is 13.2 Å². The molecule has 0 amide bonds. The molecule has 0 aliphatic carbocycles. The van der Waals surface area contributed by atoms with Gasteiger partial charge in [-0.05, 0) is 49.9 Å². The Morgan fingerprint density at radius 1 is 1.35 bits per heavy atom. The van der Waals surface area contributed by atoms with Crippen LogP contribution in [-0.4, -0.2) is 32.3 Å². The lowest BCUT2D eigenvalue weighted by molar-refractivity contribution is 0.0115. The SMILES string of the molecule is COC(=O)c1ccc(CNCCC2CCCCO2)cc1. The van der Waals surface area contributed by atoms with Gasteiger partial charge in [0.25, 0.3) is 0 Å². The van der Waals surface area contributed by atoms with Crippen molar-refractivity contribution in [1.82, 2.24) is 5.32 Å². The zero-order valence-corrected chi connectivity index (χ0v) is 12.1. The minimum absolute atomic E-state index is 0.293. The fraction of sp³-hybridized carbons (Fsp3) is 0.562. The van der Waals surface area contributed by atoms with Gasteiger partial charge in [0.05, 0.1) is 18.8 Å². The minimum Gasteiger partial charge on any atom is -0.465 e. The number of hydrogen-bond donors (Lipinski definition) is 1. The van der Waals surface area contributed by atoms with Crippen LogP contribution in [0.15, 0.2) is 24.3 Å². The fourth-order valence-electron chi connectivity index (χ4n) is 2.41. The van der Waals surface area contributed by atoms with Gasteiger partial charge >= 0.3 is 5.97 Å². The molecule has 1 atom stereocenters. The second-order valence-electron chi connectivity index (χ2n) is 5.14. The molecule has 0 bridgehead atoms. The van der Waals surface area contributed by atoms with Gasteiger partial charge in [0.1, 0.15) is 0 Å². The summed E-state index contributed by atoms with van der Waals surface area (Å²) in [4.78, 5) is 11.3. The maximum Gasteiger partial charge on any atom is 0.337 e. The molecule has 1 aliphatic heterocycles. The zero-order chi connectivity index (χ0) is 14.2. The molecule has 1 aromatic rings. The largest absolute Gasteiger partial charge is 0.465 e. The molecule has 0 spiro atoms. The van der Waals surface area contributed by atoms with Crippen molar-refractivity contribution in [3.8, 4) is 0 Å². The van der Waals surface area contributed by atoms with Crippen molar-refractivity contribution < 1.29 is 14.3 Å². The summed E-state index contributed by atoms with van der Waals surface area (Å²) in [7, 11) is 1.39. The first-order valence-corrected chi connectivity index (χ1v) is 7.29. The van der Waals surface area contributed by atoms with Crippen molar-refractivity contribution >= 4 is 5.97 Å². The Bertz CT molecular complexity index is 410. The molecule has 0 aromatic heterocycles. The van der Waals surface area contributed by atoms with Crippen LogP contribution in [0.25, 0.3) is 0 Å². The van der Waals surface area contributed by atoms with Crippen LogP contribution in [0.4, 0.5) is 0 Å². The Hall–Kier alpha value is -1.39. The Kier molecular flexibility index (Phi) is 6.02. The number of hydrogen-bond acceptors (Lipinski definition) is 4. The lowest BCUT2D eigenvalue weighted by Crippen LogP contribution is -2.25. The van der Waals surface area contributed by atoms with Gasteiger partial charge in [-0.3, -0.25) is 0 Å². The van der Waals surface area contributed by atoms with Gasteiger partial charge in [0.15, 0.2) is 0 Å². The number of nitrogens with one attached hydrogen (secondary N) is 1. The topological polar surface area (TPSA) is 47.6 Å².